The number of thioether (sulfide) groups is 2. The monoisotopic (exact) mass is 412 g/mol. The van der Waals surface area contributed by atoms with Crippen LogP contribution in [-0.4, -0.2) is 17.7 Å². The zero-order valence-electron chi connectivity index (χ0n) is 13.6. The van der Waals surface area contributed by atoms with Crippen LogP contribution in [0.1, 0.15) is 23.6 Å². The molecule has 8 heteroatoms. The number of carbonyl (C=O) groups is 2. The van der Waals surface area contributed by atoms with E-state index in [1.807, 2.05) is 35.0 Å². The van der Waals surface area contributed by atoms with Crippen molar-refractivity contribution >= 4 is 58.1 Å². The summed E-state index contributed by atoms with van der Waals surface area (Å²) in [7, 11) is 0. The fraction of sp³-hybridized carbons (Fsp3) is 0.294. The highest BCUT2D eigenvalue weighted by Gasteiger charge is 2.41. The number of thiophene rings is 2. The first-order chi connectivity index (χ1) is 11.9. The number of hydrogen-bond donors (Lipinski definition) is 0. The average Bonchev–Trinajstić information content (AvgIpc) is 3.20. The summed E-state index contributed by atoms with van der Waals surface area (Å²) in [4.78, 5) is 27.1. The number of cyclic esters (lactones) is 2. The van der Waals surface area contributed by atoms with E-state index in [0.29, 0.717) is 15.7 Å². The molecule has 4 nitrogen and oxygen atoms in total. The van der Waals surface area contributed by atoms with E-state index >= 15 is 0 Å². The topological polar surface area (TPSA) is 52.6 Å². The molecule has 1 aliphatic heterocycles. The Morgan fingerprint density at radius 1 is 0.960 bits per heavy atom. The van der Waals surface area contributed by atoms with E-state index in [1.54, 1.807) is 36.5 Å². The van der Waals surface area contributed by atoms with Gasteiger partial charge in [0.15, 0.2) is 5.57 Å². The van der Waals surface area contributed by atoms with Crippen LogP contribution in [-0.2, 0) is 30.6 Å². The van der Waals surface area contributed by atoms with Crippen molar-refractivity contribution in [1.29, 1.82) is 0 Å². The van der Waals surface area contributed by atoms with Gasteiger partial charge in [0, 0.05) is 35.1 Å². The van der Waals surface area contributed by atoms with Gasteiger partial charge < -0.3 is 9.47 Å². The van der Waals surface area contributed by atoms with Gasteiger partial charge in [0.25, 0.3) is 5.79 Å². The molecule has 0 saturated carbocycles. The lowest BCUT2D eigenvalue weighted by atomic mass is 10.2. The predicted octanol–water partition coefficient (Wildman–Crippen LogP) is 5.02. The van der Waals surface area contributed by atoms with Crippen molar-refractivity contribution in [1.82, 2.24) is 0 Å². The van der Waals surface area contributed by atoms with Gasteiger partial charge in [-0.05, 0) is 22.9 Å². The molecule has 0 N–H and O–H groups in total. The number of ether oxygens (including phenoxy) is 2. The third-order valence-electron chi connectivity index (χ3n) is 3.14. The largest absolute Gasteiger partial charge is 0.419 e. The highest BCUT2D eigenvalue weighted by Crippen LogP contribution is 2.40. The van der Waals surface area contributed by atoms with Crippen LogP contribution in [0.3, 0.4) is 0 Å². The third-order valence-corrected chi connectivity index (χ3v) is 7.81. The summed E-state index contributed by atoms with van der Waals surface area (Å²) in [6.45, 7) is 3.10. The SMILES string of the molecule is CC1(C)OC(=O)C(=C(SCc2cccs2)SCc2cccs2)C(=O)O1. The van der Waals surface area contributed by atoms with Crippen LogP contribution in [0.4, 0.5) is 0 Å². The average molecular weight is 413 g/mol. The van der Waals surface area contributed by atoms with Crippen LogP contribution in [0.25, 0.3) is 0 Å². The zero-order valence-corrected chi connectivity index (χ0v) is 16.9. The molecular weight excluding hydrogens is 396 g/mol. The summed E-state index contributed by atoms with van der Waals surface area (Å²) in [6, 6.07) is 8.03. The minimum absolute atomic E-state index is 0.00226. The van der Waals surface area contributed by atoms with Crippen molar-refractivity contribution in [3.63, 3.8) is 0 Å². The van der Waals surface area contributed by atoms with Crippen molar-refractivity contribution in [2.75, 3.05) is 0 Å². The van der Waals surface area contributed by atoms with E-state index in [4.69, 9.17) is 9.47 Å². The first-order valence-corrected chi connectivity index (χ1v) is 11.2. The van der Waals surface area contributed by atoms with E-state index in [2.05, 4.69) is 0 Å². The van der Waals surface area contributed by atoms with Crippen molar-refractivity contribution in [2.45, 2.75) is 31.1 Å². The predicted molar refractivity (Wildman–Crippen MR) is 105 cm³/mol. The summed E-state index contributed by atoms with van der Waals surface area (Å²) in [6.07, 6.45) is 0. The summed E-state index contributed by atoms with van der Waals surface area (Å²) in [5.41, 5.74) is 0.00226. The third kappa shape index (κ3) is 4.91. The molecule has 2 aromatic rings. The summed E-state index contributed by atoms with van der Waals surface area (Å²) >= 11 is 6.23. The quantitative estimate of drug-likeness (QED) is 0.377. The highest BCUT2D eigenvalue weighted by molar-refractivity contribution is 8.21. The Morgan fingerprint density at radius 2 is 1.44 bits per heavy atom. The molecule has 1 fully saturated rings. The van der Waals surface area contributed by atoms with E-state index in [1.165, 1.54) is 33.3 Å². The molecule has 0 atom stereocenters. The molecule has 3 heterocycles. The van der Waals surface area contributed by atoms with E-state index in [-0.39, 0.29) is 5.57 Å². The minimum Gasteiger partial charge on any atom is -0.419 e. The molecule has 0 aliphatic carbocycles. The fourth-order valence-electron chi connectivity index (χ4n) is 2.07. The Bertz CT molecular complexity index is 713. The molecule has 0 spiro atoms. The van der Waals surface area contributed by atoms with Gasteiger partial charge in [0.2, 0.25) is 0 Å². The Balaban J connectivity index is 1.82. The molecule has 0 unspecified atom stereocenters. The van der Waals surface area contributed by atoms with Gasteiger partial charge in [-0.2, -0.15) is 0 Å². The number of carbonyl (C=O) groups excluding carboxylic acids is 2. The lowest BCUT2D eigenvalue weighted by Crippen LogP contribution is -2.42. The highest BCUT2D eigenvalue weighted by atomic mass is 32.2. The molecule has 25 heavy (non-hydrogen) atoms. The van der Waals surface area contributed by atoms with Crippen LogP contribution in [0.2, 0.25) is 0 Å². The van der Waals surface area contributed by atoms with Crippen LogP contribution < -0.4 is 0 Å². The molecule has 1 aliphatic rings. The molecule has 0 radical (unpaired) electrons. The lowest BCUT2D eigenvalue weighted by molar-refractivity contribution is -0.222. The lowest BCUT2D eigenvalue weighted by Gasteiger charge is -2.30. The van der Waals surface area contributed by atoms with Gasteiger partial charge >= 0.3 is 11.9 Å². The first-order valence-electron chi connectivity index (χ1n) is 7.46. The maximum Gasteiger partial charge on any atom is 0.350 e. The Labute approximate surface area is 162 Å². The van der Waals surface area contributed by atoms with Crippen molar-refractivity contribution in [3.8, 4) is 0 Å². The standard InChI is InChI=1S/C17H16O4S4/c1-17(2)20-14(18)13(15(19)21-17)16(24-9-11-5-3-7-22-11)25-10-12-6-4-8-23-12/h3-8H,9-10H2,1-2H3. The van der Waals surface area contributed by atoms with Crippen LogP contribution in [0, 0.1) is 0 Å². The molecular formula is C17H16O4S4. The fourth-order valence-corrected chi connectivity index (χ4v) is 5.99. The Hall–Kier alpha value is -1.22. The van der Waals surface area contributed by atoms with Crippen LogP contribution in [0.15, 0.2) is 44.8 Å². The second-order valence-corrected chi connectivity index (χ2v) is 9.87. The van der Waals surface area contributed by atoms with Crippen LogP contribution in [0.5, 0.6) is 0 Å². The molecule has 0 bridgehead atoms. The molecule has 1 saturated heterocycles. The maximum absolute atomic E-state index is 12.4. The summed E-state index contributed by atoms with van der Waals surface area (Å²) in [5, 5.41) is 4.01. The number of esters is 2. The Morgan fingerprint density at radius 3 is 1.84 bits per heavy atom. The van der Waals surface area contributed by atoms with Crippen molar-refractivity contribution in [2.24, 2.45) is 0 Å². The maximum atomic E-state index is 12.4. The van der Waals surface area contributed by atoms with Gasteiger partial charge in [0.05, 0.1) is 4.24 Å². The van der Waals surface area contributed by atoms with Crippen molar-refractivity contribution < 1.29 is 19.1 Å². The normalized spacial score (nSPS) is 16.5. The van der Waals surface area contributed by atoms with Crippen LogP contribution >= 0.6 is 46.2 Å². The molecule has 2 aromatic heterocycles. The van der Waals surface area contributed by atoms with E-state index in [9.17, 15) is 9.59 Å². The van der Waals surface area contributed by atoms with Gasteiger partial charge in [-0.15, -0.1) is 46.2 Å². The zero-order chi connectivity index (χ0) is 17.9. The van der Waals surface area contributed by atoms with Gasteiger partial charge in [-0.1, -0.05) is 12.1 Å². The van der Waals surface area contributed by atoms with Gasteiger partial charge in [-0.3, -0.25) is 0 Å². The summed E-state index contributed by atoms with van der Waals surface area (Å²) < 4.78 is 11.1. The number of hydrogen-bond acceptors (Lipinski definition) is 8. The molecule has 0 amide bonds. The molecule has 132 valence electrons. The first kappa shape index (κ1) is 18.6. The van der Waals surface area contributed by atoms with Gasteiger partial charge in [0.1, 0.15) is 0 Å². The Kier molecular flexibility index (Phi) is 5.93. The van der Waals surface area contributed by atoms with E-state index in [0.717, 1.165) is 0 Å². The van der Waals surface area contributed by atoms with Crippen molar-refractivity contribution in [3.05, 3.63) is 54.6 Å². The molecule has 3 rings (SSSR count). The molecule has 0 aromatic carbocycles. The number of rotatable bonds is 6. The van der Waals surface area contributed by atoms with Gasteiger partial charge in [-0.25, -0.2) is 9.59 Å². The smallest absolute Gasteiger partial charge is 0.350 e. The summed E-state index contributed by atoms with van der Waals surface area (Å²) in [5.74, 6) is -1.07. The second kappa shape index (κ2) is 7.99. The minimum atomic E-state index is -1.22. The van der Waals surface area contributed by atoms with E-state index < -0.39 is 17.7 Å². The second-order valence-electron chi connectivity index (χ2n) is 5.58.